The van der Waals surface area contributed by atoms with Crippen LogP contribution in [-0.2, 0) is 11.0 Å². The van der Waals surface area contributed by atoms with Crippen molar-refractivity contribution in [3.63, 3.8) is 0 Å². The van der Waals surface area contributed by atoms with Gasteiger partial charge in [-0.15, -0.1) is 0 Å². The molecule has 2 unspecified atom stereocenters. The third kappa shape index (κ3) is 2.35. The Balaban J connectivity index is 2.25. The maximum Gasteiger partial charge on any atom is 0.416 e. The molecule has 0 heterocycles. The number of hydrogen-bond acceptors (Lipinski definition) is 1. The molecule has 2 rings (SSSR count). The molecule has 0 bridgehead atoms. The molecule has 0 spiro atoms. The van der Waals surface area contributed by atoms with Crippen molar-refractivity contribution >= 4 is 5.91 Å². The second kappa shape index (κ2) is 4.30. The van der Waals surface area contributed by atoms with E-state index in [0.717, 1.165) is 6.07 Å². The summed E-state index contributed by atoms with van der Waals surface area (Å²) in [6, 6.07) is 5.50. The van der Waals surface area contributed by atoms with Crippen LogP contribution in [-0.4, -0.2) is 24.9 Å². The van der Waals surface area contributed by atoms with E-state index in [1.54, 1.807) is 20.2 Å². The van der Waals surface area contributed by atoms with Gasteiger partial charge in [0.2, 0.25) is 5.91 Å². The molecule has 0 aliphatic heterocycles. The minimum Gasteiger partial charge on any atom is -0.349 e. The summed E-state index contributed by atoms with van der Waals surface area (Å²) in [6.07, 6.45) is -3.85. The molecule has 0 N–H and O–H groups in total. The molecule has 1 aromatic rings. The van der Waals surface area contributed by atoms with Gasteiger partial charge in [0, 0.05) is 20.0 Å². The monoisotopic (exact) mass is 257 g/mol. The van der Waals surface area contributed by atoms with E-state index in [2.05, 4.69) is 0 Å². The number of halogens is 3. The highest BCUT2D eigenvalue weighted by Gasteiger charge is 2.48. The van der Waals surface area contributed by atoms with Crippen LogP contribution in [0.1, 0.15) is 23.5 Å². The Labute approximate surface area is 103 Å². The van der Waals surface area contributed by atoms with Crippen molar-refractivity contribution in [2.45, 2.75) is 18.5 Å². The van der Waals surface area contributed by atoms with Gasteiger partial charge < -0.3 is 4.90 Å². The van der Waals surface area contributed by atoms with Crippen molar-refractivity contribution in [2.24, 2.45) is 5.92 Å². The number of carbonyl (C=O) groups excluding carboxylic acids is 1. The third-order valence-electron chi connectivity index (χ3n) is 3.21. The van der Waals surface area contributed by atoms with Gasteiger partial charge in [0.1, 0.15) is 0 Å². The summed E-state index contributed by atoms with van der Waals surface area (Å²) in [4.78, 5) is 13.1. The fourth-order valence-electron chi connectivity index (χ4n) is 2.22. The van der Waals surface area contributed by atoms with Gasteiger partial charge in [-0.25, -0.2) is 0 Å². The maximum atomic E-state index is 12.8. The van der Waals surface area contributed by atoms with Crippen molar-refractivity contribution in [2.75, 3.05) is 14.1 Å². The predicted molar refractivity (Wildman–Crippen MR) is 61.0 cm³/mol. The molecule has 18 heavy (non-hydrogen) atoms. The minimum absolute atomic E-state index is 0.100. The van der Waals surface area contributed by atoms with E-state index in [1.165, 1.54) is 17.0 Å². The first kappa shape index (κ1) is 12.9. The van der Waals surface area contributed by atoms with E-state index < -0.39 is 11.7 Å². The fourth-order valence-corrected chi connectivity index (χ4v) is 2.22. The van der Waals surface area contributed by atoms with Crippen LogP contribution in [0, 0.1) is 5.92 Å². The summed E-state index contributed by atoms with van der Waals surface area (Å²) in [5.41, 5.74) is -0.380. The van der Waals surface area contributed by atoms with Gasteiger partial charge in [0.15, 0.2) is 0 Å². The van der Waals surface area contributed by atoms with Crippen LogP contribution in [0.4, 0.5) is 13.2 Å². The molecule has 1 aliphatic rings. The molecular weight excluding hydrogens is 243 g/mol. The second-order valence-corrected chi connectivity index (χ2v) is 4.77. The number of rotatable bonds is 2. The summed E-state index contributed by atoms with van der Waals surface area (Å²) in [6.45, 7) is 0. The van der Waals surface area contributed by atoms with Crippen LogP contribution in [0.15, 0.2) is 24.3 Å². The lowest BCUT2D eigenvalue weighted by Crippen LogP contribution is -2.24. The van der Waals surface area contributed by atoms with Crippen LogP contribution >= 0.6 is 0 Å². The summed E-state index contributed by atoms with van der Waals surface area (Å²) in [5.74, 6) is -0.696. The molecule has 0 radical (unpaired) electrons. The lowest BCUT2D eigenvalue weighted by atomic mass is 10.0. The number of amides is 1. The van der Waals surface area contributed by atoms with Gasteiger partial charge in [0.25, 0.3) is 0 Å². The molecular formula is C13H14F3NO. The predicted octanol–water partition coefficient (Wildman–Crippen LogP) is 2.90. The zero-order valence-electron chi connectivity index (χ0n) is 10.2. The summed E-state index contributed by atoms with van der Waals surface area (Å²) < 4.78 is 38.5. The van der Waals surface area contributed by atoms with Gasteiger partial charge >= 0.3 is 6.18 Å². The zero-order chi connectivity index (χ0) is 13.5. The van der Waals surface area contributed by atoms with Crippen LogP contribution < -0.4 is 0 Å². The first-order valence-corrected chi connectivity index (χ1v) is 5.69. The Morgan fingerprint density at radius 2 is 1.89 bits per heavy atom. The maximum absolute atomic E-state index is 12.8. The smallest absolute Gasteiger partial charge is 0.349 e. The third-order valence-corrected chi connectivity index (χ3v) is 3.21. The Morgan fingerprint density at radius 1 is 1.28 bits per heavy atom. The molecule has 1 aromatic carbocycles. The lowest BCUT2D eigenvalue weighted by Gasteiger charge is -2.13. The minimum atomic E-state index is -4.36. The molecule has 0 aromatic heterocycles. The van der Waals surface area contributed by atoms with Crippen LogP contribution in [0.25, 0.3) is 0 Å². The highest BCUT2D eigenvalue weighted by atomic mass is 19.4. The van der Waals surface area contributed by atoms with E-state index in [9.17, 15) is 18.0 Å². The van der Waals surface area contributed by atoms with Gasteiger partial charge in [-0.05, 0) is 24.0 Å². The van der Waals surface area contributed by atoms with Crippen LogP contribution in [0.3, 0.4) is 0 Å². The number of carbonyl (C=O) groups is 1. The number of alkyl halides is 3. The molecule has 1 aliphatic carbocycles. The Morgan fingerprint density at radius 3 is 2.44 bits per heavy atom. The quantitative estimate of drug-likeness (QED) is 0.797. The zero-order valence-corrected chi connectivity index (χ0v) is 10.2. The lowest BCUT2D eigenvalue weighted by molar-refractivity contribution is -0.138. The van der Waals surface area contributed by atoms with Crippen molar-refractivity contribution in [3.8, 4) is 0 Å². The average molecular weight is 257 g/mol. The number of benzene rings is 1. The Hall–Kier alpha value is -1.52. The van der Waals surface area contributed by atoms with E-state index in [-0.39, 0.29) is 23.3 Å². The van der Waals surface area contributed by atoms with Crippen molar-refractivity contribution in [3.05, 3.63) is 35.4 Å². The molecule has 1 saturated carbocycles. The topological polar surface area (TPSA) is 20.3 Å². The van der Waals surface area contributed by atoms with Gasteiger partial charge in [-0.3, -0.25) is 4.79 Å². The number of nitrogens with zero attached hydrogens (tertiary/aromatic N) is 1. The molecule has 98 valence electrons. The standard InChI is InChI=1S/C13H14F3NO/c1-17(2)12(18)10-7-9(10)8-5-3-4-6-11(8)13(14,15)16/h3-6,9-10H,7H2,1-2H3. The van der Waals surface area contributed by atoms with Gasteiger partial charge in [-0.2, -0.15) is 13.2 Å². The first-order valence-electron chi connectivity index (χ1n) is 5.69. The van der Waals surface area contributed by atoms with Gasteiger partial charge in [0.05, 0.1) is 5.56 Å². The van der Waals surface area contributed by atoms with Gasteiger partial charge in [-0.1, -0.05) is 18.2 Å². The molecule has 0 saturated heterocycles. The summed E-state index contributed by atoms with van der Waals surface area (Å²) in [5, 5.41) is 0. The van der Waals surface area contributed by atoms with E-state index in [4.69, 9.17) is 0 Å². The first-order chi connectivity index (χ1) is 8.32. The Kier molecular flexibility index (Phi) is 3.09. The summed E-state index contributed by atoms with van der Waals surface area (Å²) >= 11 is 0. The van der Waals surface area contributed by atoms with E-state index in [1.807, 2.05) is 0 Å². The van der Waals surface area contributed by atoms with Crippen LogP contribution in [0.5, 0.6) is 0 Å². The van der Waals surface area contributed by atoms with Crippen molar-refractivity contribution in [1.82, 2.24) is 4.90 Å². The number of hydrogen-bond donors (Lipinski definition) is 0. The van der Waals surface area contributed by atoms with E-state index in [0.29, 0.717) is 6.42 Å². The molecule has 2 atom stereocenters. The summed E-state index contributed by atoms with van der Waals surface area (Å²) in [7, 11) is 3.24. The molecule has 5 heteroatoms. The van der Waals surface area contributed by atoms with Crippen molar-refractivity contribution < 1.29 is 18.0 Å². The average Bonchev–Trinajstić information content (AvgIpc) is 3.06. The highest BCUT2D eigenvalue weighted by Crippen LogP contribution is 2.51. The largest absolute Gasteiger partial charge is 0.416 e. The normalized spacial score (nSPS) is 22.7. The van der Waals surface area contributed by atoms with Crippen LogP contribution in [0.2, 0.25) is 0 Å². The molecule has 1 amide bonds. The molecule has 1 fully saturated rings. The molecule has 2 nitrogen and oxygen atoms in total. The second-order valence-electron chi connectivity index (χ2n) is 4.77. The van der Waals surface area contributed by atoms with E-state index >= 15 is 0 Å². The highest BCUT2D eigenvalue weighted by molar-refractivity contribution is 5.82. The Bertz CT molecular complexity index is 468. The fraction of sp³-hybridized carbons (Fsp3) is 0.462. The van der Waals surface area contributed by atoms with Crippen molar-refractivity contribution in [1.29, 1.82) is 0 Å². The SMILES string of the molecule is CN(C)C(=O)C1CC1c1ccccc1C(F)(F)F.